The second kappa shape index (κ2) is 5.88. The van der Waals surface area contributed by atoms with Gasteiger partial charge in [-0.2, -0.15) is 0 Å². The van der Waals surface area contributed by atoms with Crippen molar-refractivity contribution >= 4 is 28.9 Å². The average Bonchev–Trinajstić information content (AvgIpc) is 2.43. The van der Waals surface area contributed by atoms with E-state index in [2.05, 4.69) is 12.2 Å². The molecule has 19 heavy (non-hydrogen) atoms. The van der Waals surface area contributed by atoms with E-state index < -0.39 is 12.0 Å². The van der Waals surface area contributed by atoms with Crippen LogP contribution in [0.3, 0.4) is 0 Å². The van der Waals surface area contributed by atoms with Crippen LogP contribution in [0.25, 0.3) is 0 Å². The van der Waals surface area contributed by atoms with Crippen LogP contribution in [0.1, 0.15) is 13.3 Å². The molecule has 1 aliphatic rings. The van der Waals surface area contributed by atoms with E-state index in [0.29, 0.717) is 17.4 Å². The first-order chi connectivity index (χ1) is 9.13. The number of rotatable bonds is 3. The van der Waals surface area contributed by atoms with Gasteiger partial charge in [-0.3, -0.25) is 4.79 Å². The summed E-state index contributed by atoms with van der Waals surface area (Å²) in [6, 6.07) is 7.47. The molecule has 0 saturated carbocycles. The van der Waals surface area contributed by atoms with Gasteiger partial charge in [-0.25, -0.2) is 0 Å². The Morgan fingerprint density at radius 1 is 1.58 bits per heavy atom. The largest absolute Gasteiger partial charge is 0.477 e. The Hall–Kier alpha value is -1.82. The number of para-hydroxylation sites is 2. The van der Waals surface area contributed by atoms with Crippen LogP contribution in [0.4, 0.5) is 5.69 Å². The van der Waals surface area contributed by atoms with E-state index in [4.69, 9.17) is 22.7 Å². The summed E-state index contributed by atoms with van der Waals surface area (Å²) in [6.07, 6.45) is 0.294. The summed E-state index contributed by atoms with van der Waals surface area (Å²) in [5.74, 6) is 0.135. The lowest BCUT2D eigenvalue weighted by atomic mass is 10.2. The monoisotopic (exact) mass is 279 g/mol. The number of benzene rings is 1. The van der Waals surface area contributed by atoms with E-state index in [1.807, 2.05) is 23.1 Å². The standard InChI is InChI=1S/C13H17N3O2S/c1-2-7-15-13(19)16-8-11(12(14)17)18-10-6-4-3-5-9(10)16/h3-6,11H,2,7-8H2,1H3,(H2,14,17)(H,15,19). The number of anilines is 1. The van der Waals surface area contributed by atoms with Gasteiger partial charge in [0.15, 0.2) is 11.2 Å². The van der Waals surface area contributed by atoms with Gasteiger partial charge in [0.25, 0.3) is 5.91 Å². The second-order valence-corrected chi connectivity index (χ2v) is 4.71. The zero-order valence-electron chi connectivity index (χ0n) is 10.8. The molecule has 1 aliphatic heterocycles. The van der Waals surface area contributed by atoms with E-state index in [0.717, 1.165) is 18.7 Å². The fourth-order valence-electron chi connectivity index (χ4n) is 1.90. The summed E-state index contributed by atoms with van der Waals surface area (Å²) in [5, 5.41) is 3.74. The number of ether oxygens (including phenoxy) is 1. The smallest absolute Gasteiger partial charge is 0.260 e. The number of hydrogen-bond donors (Lipinski definition) is 2. The molecule has 1 aromatic rings. The zero-order valence-corrected chi connectivity index (χ0v) is 11.6. The molecule has 1 amide bonds. The molecule has 6 heteroatoms. The van der Waals surface area contributed by atoms with Gasteiger partial charge in [-0.05, 0) is 30.8 Å². The molecule has 1 atom stereocenters. The lowest BCUT2D eigenvalue weighted by molar-refractivity contribution is -0.124. The van der Waals surface area contributed by atoms with Crippen molar-refractivity contribution in [3.05, 3.63) is 24.3 Å². The maximum absolute atomic E-state index is 11.4. The van der Waals surface area contributed by atoms with Gasteiger partial charge in [0, 0.05) is 6.54 Å². The van der Waals surface area contributed by atoms with Gasteiger partial charge < -0.3 is 20.7 Å². The molecule has 0 bridgehead atoms. The molecular formula is C13H17N3O2S. The Morgan fingerprint density at radius 2 is 2.32 bits per heavy atom. The molecule has 5 nitrogen and oxygen atoms in total. The number of fused-ring (bicyclic) bond motifs is 1. The molecule has 0 radical (unpaired) electrons. The van der Waals surface area contributed by atoms with Gasteiger partial charge in [0.2, 0.25) is 0 Å². The third-order valence-electron chi connectivity index (χ3n) is 2.86. The molecular weight excluding hydrogens is 262 g/mol. The molecule has 0 fully saturated rings. The Bertz CT molecular complexity index is 493. The van der Waals surface area contributed by atoms with Crippen molar-refractivity contribution in [2.45, 2.75) is 19.4 Å². The van der Waals surface area contributed by atoms with Gasteiger partial charge in [-0.1, -0.05) is 19.1 Å². The van der Waals surface area contributed by atoms with Crippen molar-refractivity contribution in [1.29, 1.82) is 0 Å². The van der Waals surface area contributed by atoms with Crippen molar-refractivity contribution in [1.82, 2.24) is 5.32 Å². The fourth-order valence-corrected chi connectivity index (χ4v) is 2.18. The van der Waals surface area contributed by atoms with Crippen molar-refractivity contribution in [2.24, 2.45) is 5.73 Å². The Labute approximate surface area is 117 Å². The Morgan fingerprint density at radius 3 is 3.00 bits per heavy atom. The lowest BCUT2D eigenvalue weighted by Gasteiger charge is -2.35. The number of nitrogens with zero attached hydrogens (tertiary/aromatic N) is 1. The fraction of sp³-hybridized carbons (Fsp3) is 0.385. The third-order valence-corrected chi connectivity index (χ3v) is 3.23. The Balaban J connectivity index is 2.26. The Kier molecular flexibility index (Phi) is 4.21. The van der Waals surface area contributed by atoms with E-state index >= 15 is 0 Å². The molecule has 0 saturated heterocycles. The van der Waals surface area contributed by atoms with Crippen LogP contribution >= 0.6 is 12.2 Å². The van der Waals surface area contributed by atoms with Crippen LogP contribution < -0.4 is 20.7 Å². The van der Waals surface area contributed by atoms with Crippen LogP contribution in [-0.4, -0.2) is 30.2 Å². The molecule has 0 aliphatic carbocycles. The molecule has 2 rings (SSSR count). The third kappa shape index (κ3) is 2.96. The van der Waals surface area contributed by atoms with E-state index in [1.54, 1.807) is 6.07 Å². The van der Waals surface area contributed by atoms with Crippen LogP contribution in [0.5, 0.6) is 5.75 Å². The first kappa shape index (κ1) is 13.6. The highest BCUT2D eigenvalue weighted by atomic mass is 32.1. The number of carbonyl (C=O) groups excluding carboxylic acids is 1. The number of carbonyl (C=O) groups is 1. The van der Waals surface area contributed by atoms with Gasteiger partial charge >= 0.3 is 0 Å². The summed E-state index contributed by atoms with van der Waals surface area (Å²) in [7, 11) is 0. The highest BCUT2D eigenvalue weighted by Gasteiger charge is 2.30. The summed E-state index contributed by atoms with van der Waals surface area (Å²) in [6.45, 7) is 3.19. The van der Waals surface area contributed by atoms with Crippen LogP contribution in [0, 0.1) is 0 Å². The maximum atomic E-state index is 11.4. The minimum Gasteiger partial charge on any atom is -0.477 e. The number of amides is 1. The van der Waals surface area contributed by atoms with E-state index in [9.17, 15) is 4.79 Å². The topological polar surface area (TPSA) is 67.6 Å². The number of nitrogens with two attached hydrogens (primary N) is 1. The number of thiocarbonyl (C=S) groups is 1. The first-order valence-electron chi connectivity index (χ1n) is 6.24. The van der Waals surface area contributed by atoms with Crippen LogP contribution in [0.2, 0.25) is 0 Å². The molecule has 0 aromatic heterocycles. The molecule has 0 spiro atoms. The predicted molar refractivity (Wildman–Crippen MR) is 78.3 cm³/mol. The van der Waals surface area contributed by atoms with Crippen molar-refractivity contribution < 1.29 is 9.53 Å². The highest BCUT2D eigenvalue weighted by Crippen LogP contribution is 2.32. The molecule has 1 aromatic carbocycles. The van der Waals surface area contributed by atoms with Gasteiger partial charge in [0.05, 0.1) is 12.2 Å². The average molecular weight is 279 g/mol. The lowest BCUT2D eigenvalue weighted by Crippen LogP contribution is -2.52. The molecule has 102 valence electrons. The van der Waals surface area contributed by atoms with Crippen molar-refractivity contribution in [3.8, 4) is 5.75 Å². The van der Waals surface area contributed by atoms with Gasteiger partial charge in [-0.15, -0.1) is 0 Å². The zero-order chi connectivity index (χ0) is 13.8. The summed E-state index contributed by atoms with van der Waals surface area (Å²) < 4.78 is 5.57. The second-order valence-electron chi connectivity index (χ2n) is 4.32. The van der Waals surface area contributed by atoms with Crippen LogP contribution in [0.15, 0.2) is 24.3 Å². The van der Waals surface area contributed by atoms with Crippen molar-refractivity contribution in [3.63, 3.8) is 0 Å². The normalized spacial score (nSPS) is 17.3. The molecule has 1 unspecified atom stereocenters. The SMILES string of the molecule is CCCNC(=S)N1CC(C(N)=O)Oc2ccccc21. The van der Waals surface area contributed by atoms with E-state index in [-0.39, 0.29) is 0 Å². The minimum absolute atomic E-state index is 0.335. The van der Waals surface area contributed by atoms with E-state index in [1.165, 1.54) is 0 Å². The number of hydrogen-bond acceptors (Lipinski definition) is 3. The highest BCUT2D eigenvalue weighted by molar-refractivity contribution is 7.80. The predicted octanol–water partition coefficient (Wildman–Crippen LogP) is 1.02. The van der Waals surface area contributed by atoms with Gasteiger partial charge in [0.1, 0.15) is 5.75 Å². The summed E-state index contributed by atoms with van der Waals surface area (Å²) in [5.41, 5.74) is 6.19. The van der Waals surface area contributed by atoms with Crippen LogP contribution in [-0.2, 0) is 4.79 Å². The maximum Gasteiger partial charge on any atom is 0.260 e. The summed E-state index contributed by atoms with van der Waals surface area (Å²) >= 11 is 5.36. The first-order valence-corrected chi connectivity index (χ1v) is 6.64. The van der Waals surface area contributed by atoms with Crippen molar-refractivity contribution in [2.75, 3.05) is 18.0 Å². The molecule has 3 N–H and O–H groups in total. The minimum atomic E-state index is -0.684. The quantitative estimate of drug-likeness (QED) is 0.809. The summed E-state index contributed by atoms with van der Waals surface area (Å²) in [4.78, 5) is 13.2. The number of nitrogens with one attached hydrogen (secondary N) is 1. The number of primary amides is 1. The molecule has 1 heterocycles.